The number of nitrogens with zero attached hydrogens (tertiary/aromatic N) is 3. The van der Waals surface area contributed by atoms with Gasteiger partial charge in [-0.2, -0.15) is 0 Å². The van der Waals surface area contributed by atoms with Crippen molar-refractivity contribution in [1.29, 1.82) is 0 Å². The van der Waals surface area contributed by atoms with Crippen LogP contribution in [-0.2, 0) is 12.8 Å². The Morgan fingerprint density at radius 2 is 1.96 bits per heavy atom. The molecular weight excluding hydrogens is 336 g/mol. The van der Waals surface area contributed by atoms with E-state index in [0.29, 0.717) is 0 Å². The van der Waals surface area contributed by atoms with Crippen LogP contribution in [0.5, 0.6) is 5.75 Å². The Morgan fingerprint density at radius 3 is 2.85 bits per heavy atom. The minimum absolute atomic E-state index is 0.778. The predicted molar refractivity (Wildman–Crippen MR) is 109 cm³/mol. The lowest BCUT2D eigenvalue weighted by Gasteiger charge is -2.19. The van der Waals surface area contributed by atoms with Gasteiger partial charge in [0, 0.05) is 24.8 Å². The van der Waals surface area contributed by atoms with Gasteiger partial charge in [0.2, 0.25) is 0 Å². The SMILES string of the molecule is COc1cccc(CCNc2cc(N3CCc4ccccc43)nc(C)n2)c1. The highest BCUT2D eigenvalue weighted by Gasteiger charge is 2.21. The number of hydrogen-bond acceptors (Lipinski definition) is 5. The van der Waals surface area contributed by atoms with E-state index >= 15 is 0 Å². The van der Waals surface area contributed by atoms with Gasteiger partial charge in [-0.05, 0) is 49.1 Å². The summed E-state index contributed by atoms with van der Waals surface area (Å²) < 4.78 is 5.29. The number of benzene rings is 2. The number of aromatic nitrogens is 2. The molecule has 5 heteroatoms. The Kier molecular flexibility index (Phi) is 4.92. The number of nitrogens with one attached hydrogen (secondary N) is 1. The molecule has 0 fully saturated rings. The number of ether oxygens (including phenoxy) is 1. The van der Waals surface area contributed by atoms with Crippen LogP contribution in [0, 0.1) is 6.92 Å². The molecule has 0 saturated carbocycles. The Labute approximate surface area is 160 Å². The molecule has 0 spiro atoms. The van der Waals surface area contributed by atoms with Crippen LogP contribution >= 0.6 is 0 Å². The summed E-state index contributed by atoms with van der Waals surface area (Å²) in [5, 5.41) is 3.44. The summed E-state index contributed by atoms with van der Waals surface area (Å²) in [6.07, 6.45) is 1.96. The zero-order chi connectivity index (χ0) is 18.6. The fourth-order valence-corrected chi connectivity index (χ4v) is 3.52. The van der Waals surface area contributed by atoms with Crippen molar-refractivity contribution < 1.29 is 4.74 Å². The molecular formula is C22H24N4O. The Morgan fingerprint density at radius 1 is 1.07 bits per heavy atom. The second kappa shape index (κ2) is 7.66. The van der Waals surface area contributed by atoms with Crippen molar-refractivity contribution in [1.82, 2.24) is 9.97 Å². The van der Waals surface area contributed by atoms with Crippen LogP contribution in [0.15, 0.2) is 54.6 Å². The third kappa shape index (κ3) is 3.87. The first-order chi connectivity index (χ1) is 13.2. The minimum atomic E-state index is 0.778. The lowest BCUT2D eigenvalue weighted by atomic mass is 10.1. The number of fused-ring (bicyclic) bond motifs is 1. The summed E-state index contributed by atoms with van der Waals surface area (Å²) in [5.41, 5.74) is 3.86. The van der Waals surface area contributed by atoms with E-state index in [-0.39, 0.29) is 0 Å². The maximum atomic E-state index is 5.29. The number of rotatable bonds is 6. The number of hydrogen-bond donors (Lipinski definition) is 1. The summed E-state index contributed by atoms with van der Waals surface area (Å²) in [4.78, 5) is 11.5. The summed E-state index contributed by atoms with van der Waals surface area (Å²) in [6.45, 7) is 3.71. The van der Waals surface area contributed by atoms with Gasteiger partial charge in [-0.15, -0.1) is 0 Å². The molecule has 4 rings (SSSR count). The van der Waals surface area contributed by atoms with Crippen molar-refractivity contribution in [3.8, 4) is 5.75 Å². The van der Waals surface area contributed by atoms with Gasteiger partial charge in [0.15, 0.2) is 0 Å². The first-order valence-electron chi connectivity index (χ1n) is 9.31. The van der Waals surface area contributed by atoms with Crippen LogP contribution in [0.2, 0.25) is 0 Å². The highest BCUT2D eigenvalue weighted by Crippen LogP contribution is 2.33. The van der Waals surface area contributed by atoms with E-state index in [1.54, 1.807) is 7.11 Å². The van der Waals surface area contributed by atoms with Crippen molar-refractivity contribution in [2.45, 2.75) is 19.8 Å². The second-order valence-corrected chi connectivity index (χ2v) is 6.72. The van der Waals surface area contributed by atoms with Gasteiger partial charge in [0.1, 0.15) is 23.2 Å². The molecule has 0 unspecified atom stereocenters. The second-order valence-electron chi connectivity index (χ2n) is 6.72. The molecule has 1 aliphatic heterocycles. The van der Waals surface area contributed by atoms with Crippen molar-refractivity contribution in [3.05, 3.63) is 71.5 Å². The Bertz CT molecular complexity index is 941. The topological polar surface area (TPSA) is 50.3 Å². The fraction of sp³-hybridized carbons (Fsp3) is 0.273. The molecule has 0 radical (unpaired) electrons. The van der Waals surface area contributed by atoms with E-state index in [9.17, 15) is 0 Å². The molecule has 0 saturated heterocycles. The highest BCUT2D eigenvalue weighted by atomic mass is 16.5. The molecule has 27 heavy (non-hydrogen) atoms. The van der Waals surface area contributed by atoms with Crippen molar-refractivity contribution in [2.24, 2.45) is 0 Å². The van der Waals surface area contributed by atoms with E-state index in [0.717, 1.165) is 49.1 Å². The van der Waals surface area contributed by atoms with Gasteiger partial charge in [-0.1, -0.05) is 30.3 Å². The number of methoxy groups -OCH3 is 1. The minimum Gasteiger partial charge on any atom is -0.497 e. The van der Waals surface area contributed by atoms with Gasteiger partial charge in [-0.25, -0.2) is 9.97 Å². The molecule has 1 N–H and O–H groups in total. The number of para-hydroxylation sites is 1. The van der Waals surface area contributed by atoms with E-state index in [1.807, 2.05) is 25.1 Å². The first-order valence-corrected chi connectivity index (χ1v) is 9.31. The predicted octanol–water partition coefficient (Wildman–Crippen LogP) is 4.14. The van der Waals surface area contributed by atoms with Gasteiger partial charge in [-0.3, -0.25) is 0 Å². The summed E-state index contributed by atoms with van der Waals surface area (Å²) in [6, 6.07) is 18.7. The maximum absolute atomic E-state index is 5.29. The third-order valence-corrected chi connectivity index (χ3v) is 4.84. The molecule has 0 atom stereocenters. The van der Waals surface area contributed by atoms with E-state index in [2.05, 4.69) is 56.6 Å². The molecule has 5 nitrogen and oxygen atoms in total. The first kappa shape index (κ1) is 17.3. The normalized spacial score (nSPS) is 12.7. The van der Waals surface area contributed by atoms with Crippen molar-refractivity contribution in [2.75, 3.05) is 30.4 Å². The summed E-state index contributed by atoms with van der Waals surface area (Å²) in [5.74, 6) is 3.49. The average Bonchev–Trinajstić information content (AvgIpc) is 3.12. The van der Waals surface area contributed by atoms with Gasteiger partial charge >= 0.3 is 0 Å². The van der Waals surface area contributed by atoms with Crippen LogP contribution < -0.4 is 15.0 Å². The highest BCUT2D eigenvalue weighted by molar-refractivity contribution is 5.68. The Hall–Kier alpha value is -3.08. The van der Waals surface area contributed by atoms with Crippen LogP contribution in [-0.4, -0.2) is 30.2 Å². The van der Waals surface area contributed by atoms with Crippen molar-refractivity contribution >= 4 is 17.3 Å². The fourth-order valence-electron chi connectivity index (χ4n) is 3.52. The molecule has 0 aliphatic carbocycles. The Balaban J connectivity index is 1.47. The quantitative estimate of drug-likeness (QED) is 0.716. The molecule has 2 heterocycles. The van der Waals surface area contributed by atoms with Crippen molar-refractivity contribution in [3.63, 3.8) is 0 Å². The molecule has 0 amide bonds. The summed E-state index contributed by atoms with van der Waals surface area (Å²) in [7, 11) is 1.69. The van der Waals surface area contributed by atoms with E-state index in [1.165, 1.54) is 16.8 Å². The largest absolute Gasteiger partial charge is 0.497 e. The zero-order valence-corrected chi connectivity index (χ0v) is 15.8. The molecule has 3 aromatic rings. The third-order valence-electron chi connectivity index (χ3n) is 4.84. The van der Waals surface area contributed by atoms with E-state index < -0.39 is 0 Å². The molecule has 0 bridgehead atoms. The lowest BCUT2D eigenvalue weighted by molar-refractivity contribution is 0.414. The number of anilines is 3. The van der Waals surface area contributed by atoms with Gasteiger partial charge < -0.3 is 15.0 Å². The standard InChI is InChI=1S/C22H24N4O/c1-16-24-21(23-12-10-17-6-5-8-19(14-17)27-2)15-22(25-16)26-13-11-18-7-3-4-9-20(18)26/h3-9,14-15H,10-13H2,1-2H3,(H,23,24,25). The van der Waals surface area contributed by atoms with Gasteiger partial charge in [0.05, 0.1) is 7.11 Å². The van der Waals surface area contributed by atoms with Crippen LogP contribution in [0.4, 0.5) is 17.3 Å². The molecule has 2 aromatic carbocycles. The smallest absolute Gasteiger partial charge is 0.138 e. The zero-order valence-electron chi connectivity index (χ0n) is 15.8. The molecule has 1 aliphatic rings. The maximum Gasteiger partial charge on any atom is 0.138 e. The number of aryl methyl sites for hydroxylation is 1. The van der Waals surface area contributed by atoms with Crippen LogP contribution in [0.3, 0.4) is 0 Å². The monoisotopic (exact) mass is 360 g/mol. The average molecular weight is 360 g/mol. The van der Waals surface area contributed by atoms with E-state index in [4.69, 9.17) is 4.74 Å². The lowest BCUT2D eigenvalue weighted by Crippen LogP contribution is -2.16. The molecule has 1 aromatic heterocycles. The summed E-state index contributed by atoms with van der Waals surface area (Å²) >= 11 is 0. The molecule has 138 valence electrons. The van der Waals surface area contributed by atoms with Gasteiger partial charge in [0.25, 0.3) is 0 Å². The van der Waals surface area contributed by atoms with Crippen LogP contribution in [0.1, 0.15) is 17.0 Å². The van der Waals surface area contributed by atoms with Crippen LogP contribution in [0.25, 0.3) is 0 Å².